The van der Waals surface area contributed by atoms with Gasteiger partial charge in [0.2, 0.25) is 0 Å². The Bertz CT molecular complexity index is 87.3. The first-order valence-corrected chi connectivity index (χ1v) is 5.07. The number of hydrogen-bond acceptors (Lipinski definition) is 2. The molecule has 1 nitrogen and oxygen atoms in total. The lowest BCUT2D eigenvalue weighted by Crippen LogP contribution is -2.18. The summed E-state index contributed by atoms with van der Waals surface area (Å²) in [4.78, 5) is 0. The smallest absolute Gasteiger partial charge is 0.103 e. The van der Waals surface area contributed by atoms with Gasteiger partial charge in [-0.05, 0) is 24.5 Å². The molecule has 0 bridgehead atoms. The molecule has 1 aliphatic heterocycles. The molecule has 1 heterocycles. The molecule has 60 valence electrons. The first kappa shape index (κ1) is 8.41. The molecule has 0 aromatic heterocycles. The van der Waals surface area contributed by atoms with Gasteiger partial charge in [0.1, 0.15) is 5.44 Å². The van der Waals surface area contributed by atoms with Crippen molar-refractivity contribution >= 4 is 11.8 Å². The largest absolute Gasteiger partial charge is 0.368 e. The molecule has 1 aliphatic rings. The van der Waals surface area contributed by atoms with Gasteiger partial charge in [-0.25, -0.2) is 0 Å². The third-order valence-corrected chi connectivity index (χ3v) is 2.78. The van der Waals surface area contributed by atoms with E-state index in [0.29, 0.717) is 5.44 Å². The van der Waals surface area contributed by atoms with Crippen LogP contribution in [-0.2, 0) is 4.74 Å². The Hall–Kier alpha value is 0.310. The van der Waals surface area contributed by atoms with E-state index in [-0.39, 0.29) is 0 Å². The van der Waals surface area contributed by atoms with Crippen LogP contribution in [0, 0.1) is 5.92 Å². The fraction of sp³-hybridized carbons (Fsp3) is 1.00. The van der Waals surface area contributed by atoms with Gasteiger partial charge in [-0.1, -0.05) is 13.8 Å². The summed E-state index contributed by atoms with van der Waals surface area (Å²) >= 11 is 1.97. The fourth-order valence-corrected chi connectivity index (χ4v) is 2.32. The van der Waals surface area contributed by atoms with Crippen molar-refractivity contribution in [1.82, 2.24) is 0 Å². The summed E-state index contributed by atoms with van der Waals surface area (Å²) < 4.78 is 5.55. The highest BCUT2D eigenvalue weighted by Gasteiger charge is 2.14. The third-order valence-electron chi connectivity index (χ3n) is 1.56. The van der Waals surface area contributed by atoms with Crippen LogP contribution in [0.3, 0.4) is 0 Å². The molecule has 2 heteroatoms. The van der Waals surface area contributed by atoms with Crippen molar-refractivity contribution in [3.63, 3.8) is 0 Å². The third kappa shape index (κ3) is 2.93. The highest BCUT2D eigenvalue weighted by atomic mass is 32.2. The van der Waals surface area contributed by atoms with Gasteiger partial charge in [0.15, 0.2) is 0 Å². The summed E-state index contributed by atoms with van der Waals surface area (Å²) in [7, 11) is 0. The van der Waals surface area contributed by atoms with Crippen LogP contribution in [0.25, 0.3) is 0 Å². The van der Waals surface area contributed by atoms with Gasteiger partial charge in [-0.2, -0.15) is 0 Å². The Morgan fingerprint density at radius 2 is 2.40 bits per heavy atom. The summed E-state index contributed by atoms with van der Waals surface area (Å²) in [6.07, 6.45) is 2.45. The molecular weight excluding hydrogens is 144 g/mol. The minimum atomic E-state index is 0.494. The number of hydrogen-bond donors (Lipinski definition) is 0. The predicted molar refractivity (Wildman–Crippen MR) is 46.3 cm³/mol. The Balaban J connectivity index is 2.13. The van der Waals surface area contributed by atoms with Crippen molar-refractivity contribution in [2.45, 2.75) is 32.1 Å². The molecular formula is C8H16OS. The lowest BCUT2D eigenvalue weighted by Gasteiger charge is -2.23. The highest BCUT2D eigenvalue weighted by molar-refractivity contribution is 7.99. The van der Waals surface area contributed by atoms with Crippen molar-refractivity contribution < 1.29 is 4.74 Å². The van der Waals surface area contributed by atoms with Gasteiger partial charge in [-0.15, -0.1) is 11.8 Å². The maximum absolute atomic E-state index is 5.55. The Morgan fingerprint density at radius 1 is 1.60 bits per heavy atom. The van der Waals surface area contributed by atoms with E-state index in [1.165, 1.54) is 18.6 Å². The van der Waals surface area contributed by atoms with Crippen LogP contribution in [0.1, 0.15) is 26.7 Å². The van der Waals surface area contributed by atoms with Gasteiger partial charge in [-0.3, -0.25) is 0 Å². The SMILES string of the molecule is CC(C)CC1OCCCS1. The molecule has 0 aliphatic carbocycles. The number of rotatable bonds is 2. The van der Waals surface area contributed by atoms with E-state index in [2.05, 4.69) is 13.8 Å². The van der Waals surface area contributed by atoms with E-state index in [4.69, 9.17) is 4.74 Å². The molecule has 0 aromatic carbocycles. The summed E-state index contributed by atoms with van der Waals surface area (Å²) in [6, 6.07) is 0. The fourth-order valence-electron chi connectivity index (χ4n) is 1.06. The molecule has 0 saturated carbocycles. The van der Waals surface area contributed by atoms with Crippen LogP contribution in [0.2, 0.25) is 0 Å². The van der Waals surface area contributed by atoms with E-state index in [1.807, 2.05) is 11.8 Å². The van der Waals surface area contributed by atoms with Crippen molar-refractivity contribution in [1.29, 1.82) is 0 Å². The van der Waals surface area contributed by atoms with Crippen LogP contribution in [0.5, 0.6) is 0 Å². The summed E-state index contributed by atoms with van der Waals surface area (Å²) in [5, 5.41) is 0. The summed E-state index contributed by atoms with van der Waals surface area (Å²) in [5.74, 6) is 2.06. The molecule has 1 atom stereocenters. The minimum absolute atomic E-state index is 0.494. The van der Waals surface area contributed by atoms with Crippen molar-refractivity contribution in [3.05, 3.63) is 0 Å². The van der Waals surface area contributed by atoms with E-state index < -0.39 is 0 Å². The first-order chi connectivity index (χ1) is 4.79. The molecule has 1 rings (SSSR count). The number of thioether (sulfide) groups is 1. The number of ether oxygens (including phenoxy) is 1. The van der Waals surface area contributed by atoms with Gasteiger partial charge in [0.25, 0.3) is 0 Å². The zero-order valence-electron chi connectivity index (χ0n) is 6.80. The molecule has 1 unspecified atom stereocenters. The first-order valence-electron chi connectivity index (χ1n) is 4.02. The van der Waals surface area contributed by atoms with Crippen LogP contribution in [0.4, 0.5) is 0 Å². The lowest BCUT2D eigenvalue weighted by atomic mass is 10.1. The normalized spacial score (nSPS) is 27.3. The lowest BCUT2D eigenvalue weighted by molar-refractivity contribution is 0.0922. The zero-order chi connectivity index (χ0) is 7.40. The minimum Gasteiger partial charge on any atom is -0.368 e. The second kappa shape index (κ2) is 4.24. The molecule has 1 saturated heterocycles. The van der Waals surface area contributed by atoms with Crippen molar-refractivity contribution in [2.24, 2.45) is 5.92 Å². The maximum atomic E-state index is 5.55. The predicted octanol–water partition coefficient (Wildman–Crippen LogP) is 2.51. The summed E-state index contributed by atoms with van der Waals surface area (Å²) in [5.41, 5.74) is 0.494. The van der Waals surface area contributed by atoms with Crippen LogP contribution in [-0.4, -0.2) is 17.8 Å². The van der Waals surface area contributed by atoms with Crippen LogP contribution >= 0.6 is 11.8 Å². The summed E-state index contributed by atoms with van der Waals surface area (Å²) in [6.45, 7) is 5.47. The highest BCUT2D eigenvalue weighted by Crippen LogP contribution is 2.24. The van der Waals surface area contributed by atoms with Crippen LogP contribution < -0.4 is 0 Å². The molecule has 0 aromatic rings. The standard InChI is InChI=1S/C8H16OS/c1-7(2)6-8-9-4-3-5-10-8/h7-8H,3-6H2,1-2H3. The Labute approximate surface area is 67.5 Å². The van der Waals surface area contributed by atoms with E-state index in [0.717, 1.165) is 12.5 Å². The van der Waals surface area contributed by atoms with Gasteiger partial charge in [0.05, 0.1) is 0 Å². The van der Waals surface area contributed by atoms with Gasteiger partial charge < -0.3 is 4.74 Å². The monoisotopic (exact) mass is 160 g/mol. The Kier molecular flexibility index (Phi) is 3.57. The molecule has 0 N–H and O–H groups in total. The molecule has 10 heavy (non-hydrogen) atoms. The van der Waals surface area contributed by atoms with E-state index in [1.54, 1.807) is 0 Å². The molecule has 0 radical (unpaired) electrons. The second-order valence-corrected chi connectivity index (χ2v) is 4.42. The molecule has 1 fully saturated rings. The molecule has 0 spiro atoms. The average Bonchev–Trinajstić information content (AvgIpc) is 1.88. The van der Waals surface area contributed by atoms with Gasteiger partial charge in [0, 0.05) is 6.61 Å². The Morgan fingerprint density at radius 3 is 2.90 bits per heavy atom. The topological polar surface area (TPSA) is 9.23 Å². The van der Waals surface area contributed by atoms with Crippen LogP contribution in [0.15, 0.2) is 0 Å². The van der Waals surface area contributed by atoms with Crippen molar-refractivity contribution in [3.8, 4) is 0 Å². The van der Waals surface area contributed by atoms with Crippen molar-refractivity contribution in [2.75, 3.05) is 12.4 Å². The quantitative estimate of drug-likeness (QED) is 0.614. The zero-order valence-corrected chi connectivity index (χ0v) is 7.62. The molecule has 0 amide bonds. The maximum Gasteiger partial charge on any atom is 0.103 e. The van der Waals surface area contributed by atoms with E-state index in [9.17, 15) is 0 Å². The second-order valence-electron chi connectivity index (χ2n) is 3.15. The average molecular weight is 160 g/mol. The van der Waals surface area contributed by atoms with E-state index >= 15 is 0 Å². The van der Waals surface area contributed by atoms with Gasteiger partial charge >= 0.3 is 0 Å².